The number of aromatic nitrogens is 4. The first-order valence-electron chi connectivity index (χ1n) is 6.67. The van der Waals surface area contributed by atoms with E-state index in [4.69, 9.17) is 4.42 Å². The van der Waals surface area contributed by atoms with Crippen molar-refractivity contribution in [1.29, 1.82) is 0 Å². The molecule has 8 nitrogen and oxygen atoms in total. The number of nitrogens with zero attached hydrogens (tertiary/aromatic N) is 2. The van der Waals surface area contributed by atoms with E-state index in [-0.39, 0.29) is 5.03 Å². The third kappa shape index (κ3) is 2.46. The number of nitrogens with one attached hydrogen (secondary N) is 3. The van der Waals surface area contributed by atoms with Gasteiger partial charge < -0.3 is 14.4 Å². The van der Waals surface area contributed by atoms with Crippen molar-refractivity contribution in [3.63, 3.8) is 0 Å². The predicted octanol–water partition coefficient (Wildman–Crippen LogP) is 2.35. The maximum Gasteiger partial charge on any atom is 0.278 e. The zero-order valence-corrected chi connectivity index (χ0v) is 12.5. The second-order valence-corrected chi connectivity index (χ2v) is 6.47. The van der Waals surface area contributed by atoms with Gasteiger partial charge in [-0.05, 0) is 30.3 Å². The van der Waals surface area contributed by atoms with Crippen LogP contribution in [0.3, 0.4) is 0 Å². The molecule has 116 valence electrons. The molecule has 0 spiro atoms. The summed E-state index contributed by atoms with van der Waals surface area (Å²) in [5, 5.41) is -0.00141. The quantitative estimate of drug-likeness (QED) is 0.531. The highest BCUT2D eigenvalue weighted by atomic mass is 32.2. The van der Waals surface area contributed by atoms with Gasteiger partial charge in [0, 0.05) is 0 Å². The van der Waals surface area contributed by atoms with Crippen molar-refractivity contribution >= 4 is 26.7 Å². The molecule has 0 fully saturated rings. The van der Waals surface area contributed by atoms with Crippen LogP contribution >= 0.6 is 0 Å². The number of anilines is 1. The lowest BCUT2D eigenvalue weighted by Crippen LogP contribution is -2.13. The zero-order chi connectivity index (χ0) is 15.9. The van der Waals surface area contributed by atoms with Crippen LogP contribution < -0.4 is 4.72 Å². The van der Waals surface area contributed by atoms with E-state index in [1.807, 2.05) is 0 Å². The van der Waals surface area contributed by atoms with E-state index in [1.165, 1.54) is 12.5 Å². The van der Waals surface area contributed by atoms with Crippen molar-refractivity contribution in [2.75, 3.05) is 4.72 Å². The van der Waals surface area contributed by atoms with Crippen LogP contribution in [0.25, 0.3) is 22.6 Å². The lowest BCUT2D eigenvalue weighted by atomic mass is 10.3. The van der Waals surface area contributed by atoms with Gasteiger partial charge in [0.25, 0.3) is 10.0 Å². The fourth-order valence-electron chi connectivity index (χ4n) is 2.20. The van der Waals surface area contributed by atoms with Crippen LogP contribution in [0.4, 0.5) is 5.69 Å². The predicted molar refractivity (Wildman–Crippen MR) is 83.2 cm³/mol. The number of hydrogen-bond donors (Lipinski definition) is 3. The SMILES string of the molecule is O=S(=O)(Nc1ccc2nc(-c3ccco3)[nH]c2c1)c1cnc[nH]1. The Morgan fingerprint density at radius 1 is 1.22 bits per heavy atom. The minimum absolute atomic E-state index is 0.00141. The standard InChI is InChI=1S/C14H11N5O3S/c20-23(21,13-7-15-8-16-13)19-9-3-4-10-11(6-9)18-14(17-10)12-2-1-5-22-12/h1-8,19H,(H,15,16)(H,17,18). The van der Waals surface area contributed by atoms with Crippen LogP contribution in [0, 0.1) is 0 Å². The van der Waals surface area contributed by atoms with Crippen molar-refractivity contribution in [2.24, 2.45) is 0 Å². The van der Waals surface area contributed by atoms with Crippen LogP contribution in [-0.2, 0) is 10.0 Å². The molecular weight excluding hydrogens is 318 g/mol. The number of H-pyrrole nitrogens is 2. The summed E-state index contributed by atoms with van der Waals surface area (Å²) in [5.41, 5.74) is 1.82. The highest BCUT2D eigenvalue weighted by Crippen LogP contribution is 2.24. The monoisotopic (exact) mass is 329 g/mol. The summed E-state index contributed by atoms with van der Waals surface area (Å²) in [6, 6.07) is 8.60. The Bertz CT molecular complexity index is 1050. The third-order valence-electron chi connectivity index (χ3n) is 3.25. The van der Waals surface area contributed by atoms with E-state index >= 15 is 0 Å². The van der Waals surface area contributed by atoms with Gasteiger partial charge in [-0.1, -0.05) is 0 Å². The van der Waals surface area contributed by atoms with Gasteiger partial charge in [-0.25, -0.2) is 9.97 Å². The molecule has 4 aromatic rings. The molecule has 9 heteroatoms. The average Bonchev–Trinajstić information content (AvgIpc) is 3.26. The molecule has 4 rings (SSSR count). The molecule has 0 aliphatic rings. The molecule has 23 heavy (non-hydrogen) atoms. The van der Waals surface area contributed by atoms with Gasteiger partial charge in [-0.2, -0.15) is 8.42 Å². The molecule has 0 saturated heterocycles. The van der Waals surface area contributed by atoms with Crippen LogP contribution in [0.2, 0.25) is 0 Å². The van der Waals surface area contributed by atoms with E-state index in [1.54, 1.807) is 36.6 Å². The molecule has 0 saturated carbocycles. The Morgan fingerprint density at radius 3 is 2.87 bits per heavy atom. The van der Waals surface area contributed by atoms with Gasteiger partial charge in [0.1, 0.15) is 0 Å². The molecular formula is C14H11N5O3S. The highest BCUT2D eigenvalue weighted by molar-refractivity contribution is 7.92. The normalized spacial score (nSPS) is 11.8. The van der Waals surface area contributed by atoms with E-state index in [2.05, 4.69) is 24.7 Å². The van der Waals surface area contributed by atoms with Crippen LogP contribution in [-0.4, -0.2) is 28.4 Å². The van der Waals surface area contributed by atoms with Crippen molar-refractivity contribution < 1.29 is 12.8 Å². The summed E-state index contributed by atoms with van der Waals surface area (Å²) < 4.78 is 32.1. The second-order valence-electron chi connectivity index (χ2n) is 4.82. The number of furan rings is 1. The Morgan fingerprint density at radius 2 is 2.13 bits per heavy atom. The molecule has 0 aliphatic carbocycles. The zero-order valence-electron chi connectivity index (χ0n) is 11.6. The summed E-state index contributed by atoms with van der Waals surface area (Å²) in [6.07, 6.45) is 4.11. The number of rotatable bonds is 4. The Kier molecular flexibility index (Phi) is 2.95. The molecule has 3 heterocycles. The molecule has 0 radical (unpaired) electrons. The van der Waals surface area contributed by atoms with Gasteiger partial charge in [0.05, 0.1) is 35.5 Å². The Hall–Kier alpha value is -3.07. The fourth-order valence-corrected chi connectivity index (χ4v) is 3.16. The van der Waals surface area contributed by atoms with Gasteiger partial charge >= 0.3 is 0 Å². The third-order valence-corrected chi connectivity index (χ3v) is 4.56. The molecule has 0 aliphatic heterocycles. The molecule has 1 aromatic carbocycles. The average molecular weight is 329 g/mol. The van der Waals surface area contributed by atoms with Gasteiger partial charge in [0.2, 0.25) is 0 Å². The summed E-state index contributed by atoms with van der Waals surface area (Å²) >= 11 is 0. The van der Waals surface area contributed by atoms with Crippen LogP contribution in [0.5, 0.6) is 0 Å². The number of hydrogen-bond acceptors (Lipinski definition) is 5. The minimum atomic E-state index is -3.70. The van der Waals surface area contributed by atoms with Gasteiger partial charge in [0.15, 0.2) is 16.6 Å². The topological polar surface area (TPSA) is 117 Å². The lowest BCUT2D eigenvalue weighted by molar-refractivity contribution is 0.578. The molecule has 0 amide bonds. The number of benzene rings is 1. The Balaban J connectivity index is 1.69. The smallest absolute Gasteiger partial charge is 0.278 e. The number of fused-ring (bicyclic) bond motifs is 1. The molecule has 3 aromatic heterocycles. The van der Waals surface area contributed by atoms with Gasteiger partial charge in [-0.3, -0.25) is 4.72 Å². The van der Waals surface area contributed by atoms with Crippen LogP contribution in [0.1, 0.15) is 0 Å². The first kappa shape index (κ1) is 13.6. The van der Waals surface area contributed by atoms with Crippen molar-refractivity contribution in [3.8, 4) is 11.6 Å². The molecule has 0 bridgehead atoms. The molecule has 3 N–H and O–H groups in total. The summed E-state index contributed by atoms with van der Waals surface area (Å²) in [5.74, 6) is 1.19. The lowest BCUT2D eigenvalue weighted by Gasteiger charge is -2.05. The largest absolute Gasteiger partial charge is 0.461 e. The molecule has 0 unspecified atom stereocenters. The number of sulfonamides is 1. The second kappa shape index (κ2) is 4.99. The van der Waals surface area contributed by atoms with E-state index in [0.29, 0.717) is 28.3 Å². The van der Waals surface area contributed by atoms with Crippen molar-refractivity contribution in [1.82, 2.24) is 19.9 Å². The Labute approximate surface area is 130 Å². The number of imidazole rings is 2. The summed E-state index contributed by atoms with van der Waals surface area (Å²) in [4.78, 5) is 13.8. The minimum Gasteiger partial charge on any atom is -0.461 e. The van der Waals surface area contributed by atoms with E-state index in [0.717, 1.165) is 0 Å². The first-order valence-corrected chi connectivity index (χ1v) is 8.15. The van der Waals surface area contributed by atoms with Crippen molar-refractivity contribution in [3.05, 3.63) is 49.1 Å². The fraction of sp³-hybridized carbons (Fsp3) is 0. The number of aromatic amines is 2. The van der Waals surface area contributed by atoms with Crippen LogP contribution in [0.15, 0.2) is 58.6 Å². The molecule has 0 atom stereocenters. The maximum atomic E-state index is 12.2. The summed E-state index contributed by atoms with van der Waals surface area (Å²) in [7, 11) is -3.70. The summed E-state index contributed by atoms with van der Waals surface area (Å²) in [6.45, 7) is 0. The van der Waals surface area contributed by atoms with E-state index in [9.17, 15) is 8.42 Å². The maximum absolute atomic E-state index is 12.2. The van der Waals surface area contributed by atoms with Gasteiger partial charge in [-0.15, -0.1) is 0 Å². The highest BCUT2D eigenvalue weighted by Gasteiger charge is 2.16. The first-order chi connectivity index (χ1) is 11.1. The van der Waals surface area contributed by atoms with E-state index < -0.39 is 10.0 Å². The van der Waals surface area contributed by atoms with Crippen molar-refractivity contribution in [2.45, 2.75) is 5.03 Å².